The fraction of sp³-hybridized carbons (Fsp3) is 0.583. The number of carbonyl (C=O) groups is 1. The summed E-state index contributed by atoms with van der Waals surface area (Å²) in [5, 5.41) is 21.1. The summed E-state index contributed by atoms with van der Waals surface area (Å²) < 4.78 is 0. The smallest absolute Gasteiger partial charge is 0.354 e. The van der Waals surface area contributed by atoms with E-state index in [-0.39, 0.29) is 24.3 Å². The van der Waals surface area contributed by atoms with Crippen molar-refractivity contribution in [3.8, 4) is 0 Å². The van der Waals surface area contributed by atoms with Crippen molar-refractivity contribution in [3.05, 3.63) is 17.5 Å². The van der Waals surface area contributed by atoms with E-state index in [0.717, 1.165) is 6.42 Å². The van der Waals surface area contributed by atoms with Crippen LogP contribution in [0.15, 0.2) is 6.07 Å². The minimum absolute atomic E-state index is 0.0438. The Balaban J connectivity index is 2.85. The van der Waals surface area contributed by atoms with Gasteiger partial charge in [-0.2, -0.15) is 0 Å². The topological polar surface area (TPSA) is 95.3 Å². The Labute approximate surface area is 106 Å². The second-order valence-electron chi connectivity index (χ2n) is 4.68. The van der Waals surface area contributed by atoms with Crippen LogP contribution in [-0.4, -0.2) is 38.8 Å². The molecular weight excluding hydrogens is 234 g/mol. The van der Waals surface area contributed by atoms with Gasteiger partial charge in [-0.25, -0.2) is 14.8 Å². The lowest BCUT2D eigenvalue weighted by molar-refractivity contribution is 0.0690. The van der Waals surface area contributed by atoms with Crippen molar-refractivity contribution in [1.82, 2.24) is 9.97 Å². The Kier molecular flexibility index (Phi) is 5.03. The summed E-state index contributed by atoms with van der Waals surface area (Å²) in [6.45, 7) is 5.75. The summed E-state index contributed by atoms with van der Waals surface area (Å²) in [7, 11) is 0. The second kappa shape index (κ2) is 6.30. The van der Waals surface area contributed by atoms with Crippen LogP contribution in [0.1, 0.15) is 36.5 Å². The Morgan fingerprint density at radius 1 is 1.44 bits per heavy atom. The van der Waals surface area contributed by atoms with Crippen LogP contribution in [0, 0.1) is 12.8 Å². The van der Waals surface area contributed by atoms with Gasteiger partial charge in [-0.1, -0.05) is 13.8 Å². The van der Waals surface area contributed by atoms with Crippen molar-refractivity contribution in [3.63, 3.8) is 0 Å². The van der Waals surface area contributed by atoms with Gasteiger partial charge < -0.3 is 15.5 Å². The van der Waals surface area contributed by atoms with Crippen molar-refractivity contribution in [2.75, 3.05) is 11.9 Å². The Bertz CT molecular complexity index is 421. The highest BCUT2D eigenvalue weighted by atomic mass is 16.4. The normalized spacial score (nSPS) is 12.5. The van der Waals surface area contributed by atoms with E-state index >= 15 is 0 Å². The van der Waals surface area contributed by atoms with Gasteiger partial charge in [0.25, 0.3) is 0 Å². The number of hydrogen-bond acceptors (Lipinski definition) is 5. The first-order valence-corrected chi connectivity index (χ1v) is 5.88. The van der Waals surface area contributed by atoms with Gasteiger partial charge in [0.15, 0.2) is 5.69 Å². The minimum Gasteiger partial charge on any atom is -0.477 e. The Hall–Kier alpha value is -1.69. The zero-order valence-corrected chi connectivity index (χ0v) is 10.8. The molecule has 1 aromatic rings. The molecule has 1 aromatic heterocycles. The van der Waals surface area contributed by atoms with Gasteiger partial charge >= 0.3 is 5.97 Å². The molecule has 6 nitrogen and oxygen atoms in total. The highest BCUT2D eigenvalue weighted by Crippen LogP contribution is 2.11. The fourth-order valence-corrected chi connectivity index (χ4v) is 1.67. The standard InChI is InChI=1S/C12H19N3O3/c1-7(2)4-9(6-16)14-12-13-8(3)5-10(15-12)11(17)18/h5,7,9,16H,4,6H2,1-3H3,(H,17,18)(H,13,14,15). The second-order valence-corrected chi connectivity index (χ2v) is 4.68. The molecular formula is C12H19N3O3. The zero-order valence-electron chi connectivity index (χ0n) is 10.8. The van der Waals surface area contributed by atoms with Crippen LogP contribution in [0.3, 0.4) is 0 Å². The van der Waals surface area contributed by atoms with Crippen LogP contribution >= 0.6 is 0 Å². The molecule has 0 aliphatic carbocycles. The van der Waals surface area contributed by atoms with Crippen LogP contribution in [0.25, 0.3) is 0 Å². The summed E-state index contributed by atoms with van der Waals surface area (Å²) in [6.07, 6.45) is 0.760. The van der Waals surface area contributed by atoms with E-state index in [0.29, 0.717) is 11.6 Å². The molecule has 0 saturated heterocycles. The van der Waals surface area contributed by atoms with E-state index in [1.54, 1.807) is 6.92 Å². The largest absolute Gasteiger partial charge is 0.477 e. The van der Waals surface area contributed by atoms with E-state index in [1.807, 2.05) is 13.8 Å². The van der Waals surface area contributed by atoms with E-state index in [1.165, 1.54) is 6.07 Å². The molecule has 0 aliphatic heterocycles. The summed E-state index contributed by atoms with van der Waals surface area (Å²) in [5.74, 6) is -0.432. The predicted molar refractivity (Wildman–Crippen MR) is 67.7 cm³/mol. The Morgan fingerprint density at radius 2 is 2.11 bits per heavy atom. The number of hydrogen-bond donors (Lipinski definition) is 3. The molecule has 0 radical (unpaired) electrons. The molecule has 3 N–H and O–H groups in total. The molecule has 1 atom stereocenters. The van der Waals surface area contributed by atoms with Crippen LogP contribution in [0.5, 0.6) is 0 Å². The van der Waals surface area contributed by atoms with E-state index in [2.05, 4.69) is 15.3 Å². The molecule has 0 bridgehead atoms. The van der Waals surface area contributed by atoms with Crippen molar-refractivity contribution < 1.29 is 15.0 Å². The average Bonchev–Trinajstić information content (AvgIpc) is 2.26. The third-order valence-electron chi connectivity index (χ3n) is 2.38. The lowest BCUT2D eigenvalue weighted by Crippen LogP contribution is -2.27. The van der Waals surface area contributed by atoms with Crippen molar-refractivity contribution >= 4 is 11.9 Å². The number of rotatable bonds is 6. The van der Waals surface area contributed by atoms with E-state index < -0.39 is 5.97 Å². The number of nitrogens with zero attached hydrogens (tertiary/aromatic N) is 2. The number of aliphatic hydroxyl groups excluding tert-OH is 1. The number of carboxylic acids is 1. The van der Waals surface area contributed by atoms with Gasteiger partial charge in [0, 0.05) is 5.69 Å². The molecule has 100 valence electrons. The number of aliphatic hydroxyl groups is 1. The van der Waals surface area contributed by atoms with Crippen molar-refractivity contribution in [2.45, 2.75) is 33.2 Å². The van der Waals surface area contributed by atoms with Crippen molar-refractivity contribution in [1.29, 1.82) is 0 Å². The summed E-state index contributed by atoms with van der Waals surface area (Å²) in [4.78, 5) is 18.9. The van der Waals surface area contributed by atoms with Gasteiger partial charge in [0.2, 0.25) is 5.95 Å². The maximum Gasteiger partial charge on any atom is 0.354 e. The molecule has 18 heavy (non-hydrogen) atoms. The number of aromatic nitrogens is 2. The Morgan fingerprint density at radius 3 is 2.61 bits per heavy atom. The van der Waals surface area contributed by atoms with Gasteiger partial charge in [-0.15, -0.1) is 0 Å². The number of nitrogens with one attached hydrogen (secondary N) is 1. The maximum atomic E-state index is 10.9. The number of aryl methyl sites for hydroxylation is 1. The number of anilines is 1. The molecule has 0 fully saturated rings. The number of carboxylic acid groups (broad SMARTS) is 1. The SMILES string of the molecule is Cc1cc(C(=O)O)nc(NC(CO)CC(C)C)n1. The van der Waals surface area contributed by atoms with Gasteiger partial charge in [-0.05, 0) is 25.3 Å². The quantitative estimate of drug-likeness (QED) is 0.707. The first kappa shape index (κ1) is 14.4. The first-order valence-electron chi connectivity index (χ1n) is 5.88. The molecule has 0 aliphatic rings. The average molecular weight is 253 g/mol. The molecule has 1 unspecified atom stereocenters. The summed E-state index contributed by atoms with van der Waals surface area (Å²) in [5.41, 5.74) is 0.525. The monoisotopic (exact) mass is 253 g/mol. The molecule has 6 heteroatoms. The van der Waals surface area contributed by atoms with Gasteiger partial charge in [0.05, 0.1) is 12.6 Å². The minimum atomic E-state index is -1.09. The zero-order chi connectivity index (χ0) is 13.7. The summed E-state index contributed by atoms with van der Waals surface area (Å²) >= 11 is 0. The molecule has 0 amide bonds. The number of aromatic carboxylic acids is 1. The van der Waals surface area contributed by atoms with E-state index in [9.17, 15) is 9.90 Å². The summed E-state index contributed by atoms with van der Waals surface area (Å²) in [6, 6.07) is 1.23. The van der Waals surface area contributed by atoms with E-state index in [4.69, 9.17) is 5.11 Å². The predicted octanol–water partition coefficient (Wildman–Crippen LogP) is 1.30. The highest BCUT2D eigenvalue weighted by molar-refractivity contribution is 5.85. The lowest BCUT2D eigenvalue weighted by Gasteiger charge is -2.18. The third-order valence-corrected chi connectivity index (χ3v) is 2.38. The molecule has 0 aromatic carbocycles. The van der Waals surface area contributed by atoms with Crippen LogP contribution in [-0.2, 0) is 0 Å². The fourth-order valence-electron chi connectivity index (χ4n) is 1.67. The van der Waals surface area contributed by atoms with Crippen LogP contribution in [0.2, 0.25) is 0 Å². The van der Waals surface area contributed by atoms with Gasteiger partial charge in [0.1, 0.15) is 0 Å². The molecule has 1 rings (SSSR count). The lowest BCUT2D eigenvalue weighted by atomic mass is 10.0. The molecule has 1 heterocycles. The third kappa shape index (κ3) is 4.29. The molecule has 0 saturated carbocycles. The molecule has 0 spiro atoms. The highest BCUT2D eigenvalue weighted by Gasteiger charge is 2.13. The maximum absolute atomic E-state index is 10.9. The first-order chi connectivity index (χ1) is 8.42. The van der Waals surface area contributed by atoms with Crippen molar-refractivity contribution in [2.24, 2.45) is 5.92 Å². The van der Waals surface area contributed by atoms with Crippen LogP contribution < -0.4 is 5.32 Å². The van der Waals surface area contributed by atoms with Gasteiger partial charge in [-0.3, -0.25) is 0 Å². The van der Waals surface area contributed by atoms with Crippen LogP contribution in [0.4, 0.5) is 5.95 Å².